The molecule has 1 heterocycles. The molecule has 0 unspecified atom stereocenters. The smallest absolute Gasteiger partial charge is 0.0992 e. The van der Waals surface area contributed by atoms with Gasteiger partial charge in [0.05, 0.1) is 23.0 Å². The second-order valence-electron chi connectivity index (χ2n) is 3.65. The van der Waals surface area contributed by atoms with E-state index in [1.54, 1.807) is 30.6 Å². The highest BCUT2D eigenvalue weighted by Crippen LogP contribution is 2.29. The number of benzene rings is 1. The van der Waals surface area contributed by atoms with Crippen molar-refractivity contribution in [1.82, 2.24) is 4.98 Å². The summed E-state index contributed by atoms with van der Waals surface area (Å²) in [6.45, 7) is 0. The van der Waals surface area contributed by atoms with Crippen LogP contribution < -0.4 is 10.6 Å². The topological polar surface area (TPSA) is 65.9 Å². The van der Waals surface area contributed by atoms with Crippen LogP contribution in [0.25, 0.3) is 0 Å². The van der Waals surface area contributed by atoms with Crippen molar-refractivity contribution in [1.29, 1.82) is 5.26 Å². The van der Waals surface area contributed by atoms with Crippen molar-refractivity contribution in [3.8, 4) is 6.07 Å². The zero-order chi connectivity index (χ0) is 12.3. The molecule has 2 rings (SSSR count). The van der Waals surface area contributed by atoms with Crippen LogP contribution in [0.1, 0.15) is 5.56 Å². The molecule has 0 bridgehead atoms. The van der Waals surface area contributed by atoms with Crippen molar-refractivity contribution in [2.75, 3.05) is 17.7 Å². The molecule has 0 saturated heterocycles. The van der Waals surface area contributed by atoms with Gasteiger partial charge in [-0.2, -0.15) is 5.26 Å². The van der Waals surface area contributed by atoms with Crippen molar-refractivity contribution in [3.63, 3.8) is 0 Å². The first-order valence-corrected chi connectivity index (χ1v) is 5.16. The quantitative estimate of drug-likeness (QED) is 0.795. The molecule has 0 amide bonds. The molecule has 1 aromatic carbocycles. The first kappa shape index (κ1) is 11.0. The molecule has 84 valence electrons. The Morgan fingerprint density at radius 1 is 1.24 bits per heavy atom. The second-order valence-corrected chi connectivity index (χ2v) is 3.65. The van der Waals surface area contributed by atoms with E-state index in [0.717, 1.165) is 11.4 Å². The minimum atomic E-state index is 0.593. The molecule has 0 radical (unpaired) electrons. The molecule has 0 spiro atoms. The fraction of sp³-hybridized carbons (Fsp3) is 0.0769. The van der Waals surface area contributed by atoms with Gasteiger partial charge >= 0.3 is 0 Å². The van der Waals surface area contributed by atoms with E-state index in [-0.39, 0.29) is 0 Å². The van der Waals surface area contributed by atoms with Gasteiger partial charge in [0.25, 0.3) is 0 Å². The molecule has 1 aromatic heterocycles. The fourth-order valence-corrected chi connectivity index (χ4v) is 1.61. The van der Waals surface area contributed by atoms with E-state index in [4.69, 9.17) is 11.0 Å². The average Bonchev–Trinajstić information content (AvgIpc) is 2.39. The largest absolute Gasteiger partial charge is 0.397 e. The molecule has 0 saturated carbocycles. The maximum atomic E-state index is 8.89. The van der Waals surface area contributed by atoms with Gasteiger partial charge in [0, 0.05) is 25.1 Å². The van der Waals surface area contributed by atoms with E-state index in [1.807, 2.05) is 24.1 Å². The predicted molar refractivity (Wildman–Crippen MR) is 67.9 cm³/mol. The molecule has 2 N–H and O–H groups in total. The van der Waals surface area contributed by atoms with Crippen molar-refractivity contribution in [2.45, 2.75) is 0 Å². The Morgan fingerprint density at radius 3 is 2.59 bits per heavy atom. The zero-order valence-electron chi connectivity index (χ0n) is 9.46. The first-order chi connectivity index (χ1) is 8.22. The van der Waals surface area contributed by atoms with Crippen LogP contribution in [0.3, 0.4) is 0 Å². The lowest BCUT2D eigenvalue weighted by Gasteiger charge is -2.21. The van der Waals surface area contributed by atoms with Crippen molar-refractivity contribution in [2.24, 2.45) is 0 Å². The number of nitrogens with two attached hydrogens (primary N) is 1. The Morgan fingerprint density at radius 2 is 1.94 bits per heavy atom. The van der Waals surface area contributed by atoms with Crippen LogP contribution in [0, 0.1) is 11.3 Å². The summed E-state index contributed by atoms with van der Waals surface area (Å²) in [4.78, 5) is 5.90. The molecule has 4 nitrogen and oxygen atoms in total. The van der Waals surface area contributed by atoms with E-state index in [0.29, 0.717) is 11.3 Å². The molecular weight excluding hydrogens is 212 g/mol. The summed E-state index contributed by atoms with van der Waals surface area (Å²) >= 11 is 0. The Hall–Kier alpha value is -2.54. The Kier molecular flexibility index (Phi) is 2.93. The third kappa shape index (κ3) is 2.18. The molecule has 0 fully saturated rings. The summed E-state index contributed by atoms with van der Waals surface area (Å²) < 4.78 is 0. The van der Waals surface area contributed by atoms with Gasteiger partial charge in [0.15, 0.2) is 0 Å². The van der Waals surface area contributed by atoms with E-state index in [9.17, 15) is 0 Å². The highest BCUT2D eigenvalue weighted by Gasteiger charge is 2.08. The van der Waals surface area contributed by atoms with E-state index < -0.39 is 0 Å². The number of pyridine rings is 1. The van der Waals surface area contributed by atoms with Gasteiger partial charge in [-0.3, -0.25) is 4.98 Å². The number of rotatable bonds is 2. The van der Waals surface area contributed by atoms with Gasteiger partial charge in [0.2, 0.25) is 0 Å². The minimum Gasteiger partial charge on any atom is -0.397 e. The van der Waals surface area contributed by atoms with Gasteiger partial charge in [-0.1, -0.05) is 0 Å². The average molecular weight is 224 g/mol. The standard InChI is InChI=1S/C13H12N4/c1-17(11-4-6-16-7-5-11)13-8-10(9-14)2-3-12(13)15/h2-8H,15H2,1H3. The fourth-order valence-electron chi connectivity index (χ4n) is 1.61. The van der Waals surface area contributed by atoms with Crippen LogP contribution in [0.15, 0.2) is 42.7 Å². The predicted octanol–water partition coefficient (Wildman–Crippen LogP) is 2.30. The Bertz CT molecular complexity index is 557. The number of nitrogen functional groups attached to an aromatic ring is 1. The number of nitriles is 1. The molecule has 2 aromatic rings. The van der Waals surface area contributed by atoms with Crippen LogP contribution in [-0.4, -0.2) is 12.0 Å². The summed E-state index contributed by atoms with van der Waals surface area (Å²) in [5.41, 5.74) is 8.94. The third-order valence-electron chi connectivity index (χ3n) is 2.57. The van der Waals surface area contributed by atoms with Gasteiger partial charge in [0.1, 0.15) is 0 Å². The number of aromatic nitrogens is 1. The molecule has 4 heteroatoms. The molecule has 0 aliphatic heterocycles. The third-order valence-corrected chi connectivity index (χ3v) is 2.57. The zero-order valence-corrected chi connectivity index (χ0v) is 9.46. The Balaban J connectivity index is 2.44. The monoisotopic (exact) mass is 224 g/mol. The number of hydrogen-bond acceptors (Lipinski definition) is 4. The summed E-state index contributed by atoms with van der Waals surface area (Å²) in [5, 5.41) is 8.89. The van der Waals surface area contributed by atoms with E-state index in [2.05, 4.69) is 11.1 Å². The highest BCUT2D eigenvalue weighted by atomic mass is 15.1. The van der Waals surface area contributed by atoms with Crippen molar-refractivity contribution < 1.29 is 0 Å². The second kappa shape index (κ2) is 4.54. The van der Waals surface area contributed by atoms with E-state index >= 15 is 0 Å². The summed E-state index contributed by atoms with van der Waals surface area (Å²) in [6, 6.07) is 11.1. The lowest BCUT2D eigenvalue weighted by molar-refractivity contribution is 1.19. The lowest BCUT2D eigenvalue weighted by Crippen LogP contribution is -2.11. The highest BCUT2D eigenvalue weighted by molar-refractivity contribution is 5.75. The Labute approximate surface area is 99.9 Å². The van der Waals surface area contributed by atoms with E-state index in [1.165, 1.54) is 0 Å². The first-order valence-electron chi connectivity index (χ1n) is 5.16. The van der Waals surface area contributed by atoms with Crippen LogP contribution in [-0.2, 0) is 0 Å². The van der Waals surface area contributed by atoms with Gasteiger partial charge in [-0.15, -0.1) is 0 Å². The molecular formula is C13H12N4. The summed E-state index contributed by atoms with van der Waals surface area (Å²) in [5.74, 6) is 0. The normalized spacial score (nSPS) is 9.65. The van der Waals surface area contributed by atoms with Crippen LogP contribution in [0.4, 0.5) is 17.1 Å². The van der Waals surface area contributed by atoms with Crippen LogP contribution in [0.2, 0.25) is 0 Å². The summed E-state index contributed by atoms with van der Waals surface area (Å²) in [7, 11) is 1.90. The number of nitrogens with zero attached hydrogens (tertiary/aromatic N) is 3. The van der Waals surface area contributed by atoms with Crippen molar-refractivity contribution in [3.05, 3.63) is 48.3 Å². The SMILES string of the molecule is CN(c1ccncc1)c1cc(C#N)ccc1N. The van der Waals surface area contributed by atoms with Crippen LogP contribution in [0.5, 0.6) is 0 Å². The maximum Gasteiger partial charge on any atom is 0.0992 e. The molecule has 17 heavy (non-hydrogen) atoms. The molecule has 0 aliphatic carbocycles. The molecule has 0 aliphatic rings. The van der Waals surface area contributed by atoms with Crippen molar-refractivity contribution >= 4 is 17.1 Å². The summed E-state index contributed by atoms with van der Waals surface area (Å²) in [6.07, 6.45) is 3.44. The van der Waals surface area contributed by atoms with Crippen LogP contribution >= 0.6 is 0 Å². The minimum absolute atomic E-state index is 0.593. The van der Waals surface area contributed by atoms with Gasteiger partial charge in [-0.05, 0) is 30.3 Å². The maximum absolute atomic E-state index is 8.89. The lowest BCUT2D eigenvalue weighted by atomic mass is 10.1. The van der Waals surface area contributed by atoms with Gasteiger partial charge < -0.3 is 10.6 Å². The number of hydrogen-bond donors (Lipinski definition) is 1. The van der Waals surface area contributed by atoms with Gasteiger partial charge in [-0.25, -0.2) is 0 Å². The molecule has 0 atom stereocenters. The number of anilines is 3.